The van der Waals surface area contributed by atoms with Gasteiger partial charge in [0.1, 0.15) is 0 Å². The fourth-order valence-electron chi connectivity index (χ4n) is 5.29. The van der Waals surface area contributed by atoms with Crippen LogP contribution in [0.3, 0.4) is 0 Å². The largest absolute Gasteiger partial charge is 0.350 e. The molecule has 6 heteroatoms. The number of aryl methyl sites for hydroxylation is 2. The first-order valence-electron chi connectivity index (χ1n) is 12.0. The van der Waals surface area contributed by atoms with Crippen LogP contribution in [0.1, 0.15) is 27.8 Å². The van der Waals surface area contributed by atoms with Crippen molar-refractivity contribution in [3.63, 3.8) is 0 Å². The normalized spacial score (nSPS) is 13.9. The molecule has 0 fully saturated rings. The van der Waals surface area contributed by atoms with Crippen LogP contribution in [0, 0.1) is 6.92 Å². The Morgan fingerprint density at radius 1 is 0.806 bits per heavy atom. The summed E-state index contributed by atoms with van der Waals surface area (Å²) < 4.78 is 4.14. The zero-order chi connectivity index (χ0) is 25.0. The Balaban J connectivity index is 1.58. The van der Waals surface area contributed by atoms with E-state index in [9.17, 15) is 9.59 Å². The summed E-state index contributed by atoms with van der Waals surface area (Å²) in [6.07, 6.45) is 3.93. The standard InChI is InChI=1S/C30H26N4O2/c1-18-11-12-19(14-31)13-20(18)15-34-17-24(22-8-4-6-10-26(22)34)28-27(29(35)32-30(28)36)23-16-33(2)25-9-5-3-7-21(23)25/h3-13,16-17H,14-15,31H2,1-2H3,(H,32,35,36). The Kier molecular flexibility index (Phi) is 5.12. The van der Waals surface area contributed by atoms with Crippen LogP contribution in [0.5, 0.6) is 0 Å². The topological polar surface area (TPSA) is 82.0 Å². The van der Waals surface area contributed by atoms with Gasteiger partial charge in [-0.25, -0.2) is 0 Å². The van der Waals surface area contributed by atoms with E-state index >= 15 is 0 Å². The third-order valence-electron chi connectivity index (χ3n) is 7.15. The number of rotatable bonds is 5. The monoisotopic (exact) mass is 474 g/mol. The van der Waals surface area contributed by atoms with E-state index in [4.69, 9.17) is 5.73 Å². The molecular weight excluding hydrogens is 448 g/mol. The number of para-hydroxylation sites is 2. The van der Waals surface area contributed by atoms with Crippen molar-refractivity contribution >= 4 is 44.8 Å². The molecule has 0 radical (unpaired) electrons. The summed E-state index contributed by atoms with van der Waals surface area (Å²) in [6.45, 7) is 3.20. The fourth-order valence-corrected chi connectivity index (χ4v) is 5.29. The summed E-state index contributed by atoms with van der Waals surface area (Å²) in [7, 11) is 1.95. The first kappa shape index (κ1) is 22.1. The molecule has 2 amide bonds. The number of nitrogens with two attached hydrogens (primary N) is 1. The molecule has 1 aliphatic heterocycles. The Labute approximate surface area is 208 Å². The molecule has 0 unspecified atom stereocenters. The lowest BCUT2D eigenvalue weighted by Gasteiger charge is -2.10. The van der Waals surface area contributed by atoms with Gasteiger partial charge < -0.3 is 14.9 Å². The molecule has 3 N–H and O–H groups in total. The molecular formula is C30H26N4O2. The molecule has 0 saturated heterocycles. The minimum absolute atomic E-state index is 0.366. The lowest BCUT2D eigenvalue weighted by molar-refractivity contribution is -0.122. The summed E-state index contributed by atoms with van der Waals surface area (Å²) >= 11 is 0. The zero-order valence-corrected chi connectivity index (χ0v) is 20.2. The fraction of sp³-hybridized carbons (Fsp3) is 0.133. The number of carbonyl (C=O) groups excluding carboxylic acids is 2. The van der Waals surface area contributed by atoms with E-state index in [1.54, 1.807) is 0 Å². The molecule has 2 aromatic heterocycles. The van der Waals surface area contributed by atoms with Crippen molar-refractivity contribution in [1.29, 1.82) is 0 Å². The highest BCUT2D eigenvalue weighted by molar-refractivity contribution is 6.50. The van der Waals surface area contributed by atoms with E-state index in [1.165, 1.54) is 11.1 Å². The number of fused-ring (bicyclic) bond motifs is 2. The maximum absolute atomic E-state index is 13.2. The first-order chi connectivity index (χ1) is 17.5. The predicted octanol–water partition coefficient (Wildman–Crippen LogP) is 4.52. The molecule has 36 heavy (non-hydrogen) atoms. The van der Waals surface area contributed by atoms with Gasteiger partial charge in [0.2, 0.25) is 0 Å². The first-order valence-corrected chi connectivity index (χ1v) is 12.0. The Hall–Kier alpha value is -4.42. The van der Waals surface area contributed by atoms with Gasteiger partial charge in [0, 0.05) is 65.5 Å². The highest BCUT2D eigenvalue weighted by atomic mass is 16.2. The van der Waals surface area contributed by atoms with Crippen LogP contribution in [-0.4, -0.2) is 20.9 Å². The molecule has 178 valence electrons. The smallest absolute Gasteiger partial charge is 0.259 e. The van der Waals surface area contributed by atoms with Crippen LogP contribution < -0.4 is 11.1 Å². The molecule has 0 aliphatic carbocycles. The molecule has 6 rings (SSSR count). The van der Waals surface area contributed by atoms with Gasteiger partial charge in [0.25, 0.3) is 11.8 Å². The number of benzene rings is 3. The molecule has 6 nitrogen and oxygen atoms in total. The molecule has 5 aromatic rings. The van der Waals surface area contributed by atoms with Crippen molar-refractivity contribution in [3.05, 3.63) is 107 Å². The Morgan fingerprint density at radius 3 is 2.11 bits per heavy atom. The Morgan fingerprint density at radius 2 is 1.42 bits per heavy atom. The molecule has 0 atom stereocenters. The summed E-state index contributed by atoms with van der Waals surface area (Å²) in [5, 5.41) is 4.42. The summed E-state index contributed by atoms with van der Waals surface area (Å²) in [5.41, 5.74) is 13.7. The highest BCUT2D eigenvalue weighted by Crippen LogP contribution is 2.39. The summed E-state index contributed by atoms with van der Waals surface area (Å²) in [6, 6.07) is 22.2. The van der Waals surface area contributed by atoms with Gasteiger partial charge in [-0.05, 0) is 35.7 Å². The summed E-state index contributed by atoms with van der Waals surface area (Å²) in [4.78, 5) is 26.4. The number of carbonyl (C=O) groups is 2. The average Bonchev–Trinajstić information content (AvgIpc) is 3.51. The number of nitrogens with zero attached hydrogens (tertiary/aromatic N) is 2. The second-order valence-corrected chi connectivity index (χ2v) is 9.36. The van der Waals surface area contributed by atoms with Crippen molar-refractivity contribution in [2.24, 2.45) is 12.8 Å². The van der Waals surface area contributed by atoms with E-state index in [0.717, 1.165) is 38.5 Å². The van der Waals surface area contributed by atoms with E-state index in [2.05, 4.69) is 28.9 Å². The maximum atomic E-state index is 13.2. The lowest BCUT2D eigenvalue weighted by Crippen LogP contribution is -2.22. The van der Waals surface area contributed by atoms with Gasteiger partial charge in [-0.2, -0.15) is 0 Å². The van der Waals surface area contributed by atoms with Gasteiger partial charge in [0.05, 0.1) is 11.1 Å². The Bertz CT molecular complexity index is 1730. The second-order valence-electron chi connectivity index (χ2n) is 9.36. The van der Waals surface area contributed by atoms with Crippen molar-refractivity contribution < 1.29 is 9.59 Å². The predicted molar refractivity (Wildman–Crippen MR) is 143 cm³/mol. The number of amides is 2. The zero-order valence-electron chi connectivity index (χ0n) is 20.2. The maximum Gasteiger partial charge on any atom is 0.259 e. The van der Waals surface area contributed by atoms with Crippen LogP contribution in [0.4, 0.5) is 0 Å². The van der Waals surface area contributed by atoms with Gasteiger partial charge in [-0.15, -0.1) is 0 Å². The molecule has 0 bridgehead atoms. The van der Waals surface area contributed by atoms with Gasteiger partial charge in [-0.1, -0.05) is 54.6 Å². The third-order valence-corrected chi connectivity index (χ3v) is 7.15. The van der Waals surface area contributed by atoms with E-state index < -0.39 is 0 Å². The number of aromatic nitrogens is 2. The number of hydrogen-bond donors (Lipinski definition) is 2. The molecule has 3 aromatic carbocycles. The molecule has 0 saturated carbocycles. The summed E-state index contributed by atoms with van der Waals surface area (Å²) in [5.74, 6) is -0.734. The second kappa shape index (κ2) is 8.36. The van der Waals surface area contributed by atoms with Crippen molar-refractivity contribution in [3.8, 4) is 0 Å². The minimum Gasteiger partial charge on any atom is -0.350 e. The van der Waals surface area contributed by atoms with Gasteiger partial charge in [-0.3, -0.25) is 14.9 Å². The van der Waals surface area contributed by atoms with Gasteiger partial charge in [0.15, 0.2) is 0 Å². The molecule has 0 spiro atoms. The third kappa shape index (κ3) is 3.38. The van der Waals surface area contributed by atoms with Gasteiger partial charge >= 0.3 is 0 Å². The van der Waals surface area contributed by atoms with Crippen LogP contribution in [0.15, 0.2) is 79.1 Å². The van der Waals surface area contributed by atoms with Crippen molar-refractivity contribution in [1.82, 2.24) is 14.5 Å². The average molecular weight is 475 g/mol. The van der Waals surface area contributed by atoms with Crippen LogP contribution in [0.2, 0.25) is 0 Å². The molecule has 1 aliphatic rings. The number of imide groups is 1. The van der Waals surface area contributed by atoms with Crippen LogP contribution >= 0.6 is 0 Å². The number of nitrogens with one attached hydrogen (secondary N) is 1. The molecule has 3 heterocycles. The van der Waals surface area contributed by atoms with Crippen LogP contribution in [0.25, 0.3) is 33.0 Å². The van der Waals surface area contributed by atoms with E-state index in [-0.39, 0.29) is 11.8 Å². The highest BCUT2D eigenvalue weighted by Gasteiger charge is 2.35. The van der Waals surface area contributed by atoms with E-state index in [0.29, 0.717) is 24.2 Å². The van der Waals surface area contributed by atoms with Crippen molar-refractivity contribution in [2.75, 3.05) is 0 Å². The quantitative estimate of drug-likeness (QED) is 0.368. The number of hydrogen-bond acceptors (Lipinski definition) is 3. The SMILES string of the molecule is Cc1ccc(CN)cc1Cn1cc(C2=C(c3cn(C)c4ccccc34)C(=O)NC2=O)c2ccccc21. The minimum atomic E-state index is -0.368. The van der Waals surface area contributed by atoms with Crippen molar-refractivity contribution in [2.45, 2.75) is 20.0 Å². The van der Waals surface area contributed by atoms with Crippen LogP contribution in [-0.2, 0) is 29.7 Å². The van der Waals surface area contributed by atoms with E-state index in [1.807, 2.05) is 78.6 Å². The lowest BCUT2D eigenvalue weighted by atomic mass is 9.95.